The molecule has 0 radical (unpaired) electrons. The van der Waals surface area contributed by atoms with Crippen LogP contribution in [0.5, 0.6) is 0 Å². The molecule has 1 rings (SSSR count). The topological polar surface area (TPSA) is 12.0 Å². The van der Waals surface area contributed by atoms with E-state index in [1.54, 1.807) is 0 Å². The summed E-state index contributed by atoms with van der Waals surface area (Å²) in [5.41, 5.74) is 2.80. The maximum Gasteiger partial charge on any atom is 0.00201 e. The van der Waals surface area contributed by atoms with Crippen LogP contribution in [0.15, 0.2) is 24.3 Å². The van der Waals surface area contributed by atoms with Gasteiger partial charge in [0.2, 0.25) is 0 Å². The minimum atomic E-state index is 0.652. The van der Waals surface area contributed by atoms with Crippen LogP contribution >= 0.6 is 0 Å². The van der Waals surface area contributed by atoms with Gasteiger partial charge >= 0.3 is 0 Å². The predicted octanol–water partition coefficient (Wildman–Crippen LogP) is 3.73. The summed E-state index contributed by atoms with van der Waals surface area (Å²) in [6, 6.07) is 8.95. The van der Waals surface area contributed by atoms with Crippen molar-refractivity contribution in [1.29, 1.82) is 0 Å². The van der Waals surface area contributed by atoms with Gasteiger partial charge in [-0.2, -0.15) is 0 Å². The van der Waals surface area contributed by atoms with Crippen LogP contribution in [0.2, 0.25) is 0 Å². The number of benzene rings is 1. The van der Waals surface area contributed by atoms with Gasteiger partial charge in [-0.05, 0) is 37.3 Å². The van der Waals surface area contributed by atoms with Crippen LogP contribution in [-0.4, -0.2) is 13.1 Å². The molecule has 1 nitrogen and oxygen atoms in total. The minimum Gasteiger partial charge on any atom is -0.316 e. The Hall–Kier alpha value is -0.820. The first kappa shape index (κ1) is 13.2. The second kappa shape index (κ2) is 6.70. The van der Waals surface area contributed by atoms with Crippen molar-refractivity contribution < 1.29 is 0 Å². The van der Waals surface area contributed by atoms with Crippen molar-refractivity contribution in [3.63, 3.8) is 0 Å². The molecule has 0 saturated carbocycles. The van der Waals surface area contributed by atoms with Crippen LogP contribution in [0, 0.1) is 12.8 Å². The molecule has 1 aromatic rings. The Morgan fingerprint density at radius 3 is 2.19 bits per heavy atom. The molecule has 0 amide bonds. The first-order valence-corrected chi connectivity index (χ1v) is 6.40. The van der Waals surface area contributed by atoms with E-state index < -0.39 is 0 Å². The van der Waals surface area contributed by atoms with Crippen molar-refractivity contribution in [2.45, 2.75) is 40.0 Å². The summed E-state index contributed by atoms with van der Waals surface area (Å²) < 4.78 is 0. The molecule has 0 spiro atoms. The van der Waals surface area contributed by atoms with Crippen molar-refractivity contribution in [3.8, 4) is 0 Å². The van der Waals surface area contributed by atoms with Gasteiger partial charge in [0.25, 0.3) is 0 Å². The minimum absolute atomic E-state index is 0.652. The van der Waals surface area contributed by atoms with Gasteiger partial charge in [0, 0.05) is 6.54 Å². The molecule has 1 N–H and O–H groups in total. The molecule has 0 saturated heterocycles. The maximum absolute atomic E-state index is 3.55. The highest BCUT2D eigenvalue weighted by Gasteiger charge is 2.08. The fraction of sp³-hybridized carbons (Fsp3) is 0.600. The first-order valence-electron chi connectivity index (χ1n) is 6.40. The first-order chi connectivity index (χ1) is 7.63. The predicted molar refractivity (Wildman–Crippen MR) is 71.9 cm³/mol. The molecule has 0 aliphatic carbocycles. The van der Waals surface area contributed by atoms with Gasteiger partial charge in [0.1, 0.15) is 0 Å². The Bertz CT molecular complexity index is 287. The quantitative estimate of drug-likeness (QED) is 0.768. The molecule has 16 heavy (non-hydrogen) atoms. The summed E-state index contributed by atoms with van der Waals surface area (Å²) in [5, 5.41) is 3.55. The van der Waals surface area contributed by atoms with E-state index >= 15 is 0 Å². The number of hydrogen-bond donors (Lipinski definition) is 1. The van der Waals surface area contributed by atoms with Crippen LogP contribution < -0.4 is 5.32 Å². The smallest absolute Gasteiger partial charge is 0.00201 e. The third-order valence-corrected chi connectivity index (χ3v) is 2.98. The van der Waals surface area contributed by atoms with Gasteiger partial charge in [-0.3, -0.25) is 0 Å². The lowest BCUT2D eigenvalue weighted by atomic mass is 9.95. The van der Waals surface area contributed by atoms with Crippen molar-refractivity contribution in [3.05, 3.63) is 35.4 Å². The lowest BCUT2D eigenvalue weighted by Gasteiger charge is -2.17. The van der Waals surface area contributed by atoms with Gasteiger partial charge in [0.15, 0.2) is 0 Å². The van der Waals surface area contributed by atoms with Crippen molar-refractivity contribution >= 4 is 0 Å². The van der Waals surface area contributed by atoms with Crippen LogP contribution in [0.4, 0.5) is 0 Å². The summed E-state index contributed by atoms with van der Waals surface area (Å²) in [4.78, 5) is 0. The molecule has 0 bridgehead atoms. The second-order valence-corrected chi connectivity index (χ2v) is 5.07. The van der Waals surface area contributed by atoms with Crippen LogP contribution in [0.3, 0.4) is 0 Å². The van der Waals surface area contributed by atoms with E-state index in [1.807, 2.05) is 0 Å². The standard InChI is InChI=1S/C15H25N/c1-5-14(11-16-10-12(2)3)15-8-6-13(4)7-9-15/h6-9,12,14,16H,5,10-11H2,1-4H3. The van der Waals surface area contributed by atoms with Crippen molar-refractivity contribution in [2.24, 2.45) is 5.92 Å². The fourth-order valence-corrected chi connectivity index (χ4v) is 1.88. The molecule has 0 aliphatic heterocycles. The van der Waals surface area contributed by atoms with Crippen LogP contribution in [0.25, 0.3) is 0 Å². The maximum atomic E-state index is 3.55. The van der Waals surface area contributed by atoms with E-state index in [9.17, 15) is 0 Å². The summed E-state index contributed by atoms with van der Waals surface area (Å²) in [6.07, 6.45) is 1.20. The number of nitrogens with one attached hydrogen (secondary N) is 1. The van der Waals surface area contributed by atoms with E-state index in [0.29, 0.717) is 5.92 Å². The Kier molecular flexibility index (Phi) is 5.54. The second-order valence-electron chi connectivity index (χ2n) is 5.07. The van der Waals surface area contributed by atoms with Gasteiger partial charge in [0.05, 0.1) is 0 Å². The molecule has 1 unspecified atom stereocenters. The zero-order valence-corrected chi connectivity index (χ0v) is 11.1. The summed E-state index contributed by atoms with van der Waals surface area (Å²) in [6.45, 7) is 11.1. The normalized spacial score (nSPS) is 13.1. The summed E-state index contributed by atoms with van der Waals surface area (Å²) in [5.74, 6) is 1.38. The monoisotopic (exact) mass is 219 g/mol. The molecule has 0 fully saturated rings. The van der Waals surface area contributed by atoms with E-state index in [-0.39, 0.29) is 0 Å². The average Bonchev–Trinajstić information content (AvgIpc) is 2.26. The molecule has 0 heterocycles. The molecule has 1 aromatic carbocycles. The fourth-order valence-electron chi connectivity index (χ4n) is 1.88. The third kappa shape index (κ3) is 4.36. The molecule has 1 heteroatoms. The largest absolute Gasteiger partial charge is 0.316 e. The van der Waals surface area contributed by atoms with E-state index in [1.165, 1.54) is 17.5 Å². The van der Waals surface area contributed by atoms with E-state index in [2.05, 4.69) is 57.3 Å². The van der Waals surface area contributed by atoms with Crippen molar-refractivity contribution in [1.82, 2.24) is 5.32 Å². The Morgan fingerprint density at radius 2 is 1.69 bits per heavy atom. The highest BCUT2D eigenvalue weighted by Crippen LogP contribution is 2.19. The lowest BCUT2D eigenvalue weighted by Crippen LogP contribution is -2.25. The molecule has 0 aromatic heterocycles. The summed E-state index contributed by atoms with van der Waals surface area (Å²) in [7, 11) is 0. The van der Waals surface area contributed by atoms with Crippen LogP contribution in [0.1, 0.15) is 44.2 Å². The van der Waals surface area contributed by atoms with Crippen molar-refractivity contribution in [2.75, 3.05) is 13.1 Å². The third-order valence-electron chi connectivity index (χ3n) is 2.98. The average molecular weight is 219 g/mol. The zero-order chi connectivity index (χ0) is 12.0. The number of aryl methyl sites for hydroxylation is 1. The molecule has 1 atom stereocenters. The number of hydrogen-bond acceptors (Lipinski definition) is 1. The number of rotatable bonds is 6. The van der Waals surface area contributed by atoms with E-state index in [0.717, 1.165) is 19.0 Å². The van der Waals surface area contributed by atoms with Gasteiger partial charge in [-0.15, -0.1) is 0 Å². The summed E-state index contributed by atoms with van der Waals surface area (Å²) >= 11 is 0. The lowest BCUT2D eigenvalue weighted by molar-refractivity contribution is 0.509. The van der Waals surface area contributed by atoms with Gasteiger partial charge in [-0.25, -0.2) is 0 Å². The SMILES string of the molecule is CCC(CNCC(C)C)c1ccc(C)cc1. The van der Waals surface area contributed by atoms with Gasteiger partial charge < -0.3 is 5.32 Å². The molecule has 90 valence electrons. The Labute approximate surface area is 100 Å². The Balaban J connectivity index is 2.50. The molecular formula is C15H25N. The molecular weight excluding hydrogens is 194 g/mol. The highest BCUT2D eigenvalue weighted by molar-refractivity contribution is 5.24. The zero-order valence-electron chi connectivity index (χ0n) is 11.1. The van der Waals surface area contributed by atoms with E-state index in [4.69, 9.17) is 0 Å². The van der Waals surface area contributed by atoms with Gasteiger partial charge in [-0.1, -0.05) is 50.6 Å². The Morgan fingerprint density at radius 1 is 1.06 bits per heavy atom. The molecule has 0 aliphatic rings. The highest BCUT2D eigenvalue weighted by atomic mass is 14.9. The van der Waals surface area contributed by atoms with Crippen LogP contribution in [-0.2, 0) is 0 Å².